The molecule has 1 heterocycles. The molecule has 0 spiro atoms. The van der Waals surface area contributed by atoms with Crippen molar-refractivity contribution in [1.82, 2.24) is 0 Å². The van der Waals surface area contributed by atoms with Crippen LogP contribution in [0.1, 0.15) is 43.9 Å². The number of rotatable bonds is 4. The van der Waals surface area contributed by atoms with Gasteiger partial charge in [-0.1, -0.05) is 0 Å². The molecule has 3 nitrogen and oxygen atoms in total. The molecular formula is C16H25FN2O. The number of nitrogens with two attached hydrogens (primary N) is 1. The van der Waals surface area contributed by atoms with Crippen LogP contribution in [0.3, 0.4) is 0 Å². The summed E-state index contributed by atoms with van der Waals surface area (Å²) in [4.78, 5) is 2.29. The Balaban J connectivity index is 2.28. The average Bonchev–Trinajstić information content (AvgIpc) is 2.42. The summed E-state index contributed by atoms with van der Waals surface area (Å²) in [6.07, 6.45) is 2.46. The van der Waals surface area contributed by atoms with Gasteiger partial charge in [0.1, 0.15) is 5.82 Å². The van der Waals surface area contributed by atoms with Gasteiger partial charge in [0, 0.05) is 31.4 Å². The SMILES string of the molecule is CCOC1CCCN(c2cc(C)c(F)cc2[C@H](C)N)C1. The van der Waals surface area contributed by atoms with Gasteiger partial charge in [-0.3, -0.25) is 0 Å². The molecule has 112 valence electrons. The van der Waals surface area contributed by atoms with Gasteiger partial charge in [-0.15, -0.1) is 0 Å². The maximum Gasteiger partial charge on any atom is 0.126 e. The topological polar surface area (TPSA) is 38.5 Å². The maximum atomic E-state index is 13.8. The molecule has 4 heteroatoms. The molecule has 0 radical (unpaired) electrons. The van der Waals surface area contributed by atoms with Crippen molar-refractivity contribution < 1.29 is 9.13 Å². The molecule has 0 bridgehead atoms. The smallest absolute Gasteiger partial charge is 0.126 e. The number of halogens is 1. The molecule has 1 aromatic rings. The van der Waals surface area contributed by atoms with E-state index >= 15 is 0 Å². The van der Waals surface area contributed by atoms with Gasteiger partial charge in [-0.2, -0.15) is 0 Å². The molecule has 0 aromatic heterocycles. The minimum absolute atomic E-state index is 0.174. The van der Waals surface area contributed by atoms with Crippen LogP contribution < -0.4 is 10.6 Å². The first kappa shape index (κ1) is 15.3. The first-order valence-corrected chi connectivity index (χ1v) is 7.45. The standard InChI is InChI=1S/C16H25FN2O/c1-4-20-13-6-5-7-19(10-13)16-8-11(2)15(17)9-14(16)12(3)18/h8-9,12-13H,4-7,10,18H2,1-3H3/t12-,13?/m0/s1. The molecule has 1 fully saturated rings. The number of hydrogen-bond donors (Lipinski definition) is 1. The zero-order valence-corrected chi connectivity index (χ0v) is 12.7. The van der Waals surface area contributed by atoms with Crippen LogP contribution in [0.2, 0.25) is 0 Å². The summed E-state index contributed by atoms with van der Waals surface area (Å²) in [7, 11) is 0. The van der Waals surface area contributed by atoms with E-state index in [4.69, 9.17) is 10.5 Å². The Hall–Kier alpha value is -1.13. The van der Waals surface area contributed by atoms with Crippen LogP contribution in [-0.4, -0.2) is 25.8 Å². The fourth-order valence-corrected chi connectivity index (χ4v) is 2.85. The van der Waals surface area contributed by atoms with Gasteiger partial charge >= 0.3 is 0 Å². The zero-order valence-electron chi connectivity index (χ0n) is 12.7. The molecule has 1 aliphatic heterocycles. The van der Waals surface area contributed by atoms with Crippen LogP contribution in [0.4, 0.5) is 10.1 Å². The van der Waals surface area contributed by atoms with Crippen molar-refractivity contribution in [3.63, 3.8) is 0 Å². The molecule has 20 heavy (non-hydrogen) atoms. The number of benzene rings is 1. The van der Waals surface area contributed by atoms with Gasteiger partial charge in [-0.25, -0.2) is 4.39 Å². The highest BCUT2D eigenvalue weighted by Gasteiger charge is 2.23. The molecule has 2 N–H and O–H groups in total. The number of nitrogens with zero attached hydrogens (tertiary/aromatic N) is 1. The fourth-order valence-electron chi connectivity index (χ4n) is 2.85. The van der Waals surface area contributed by atoms with Crippen LogP contribution in [0, 0.1) is 12.7 Å². The second kappa shape index (κ2) is 6.55. The summed E-state index contributed by atoms with van der Waals surface area (Å²) < 4.78 is 19.5. The van der Waals surface area contributed by atoms with Crippen molar-refractivity contribution in [3.05, 3.63) is 29.1 Å². The lowest BCUT2D eigenvalue weighted by Crippen LogP contribution is -2.40. The second-order valence-corrected chi connectivity index (χ2v) is 5.61. The summed E-state index contributed by atoms with van der Waals surface area (Å²) in [5, 5.41) is 0. The highest BCUT2D eigenvalue weighted by atomic mass is 19.1. The highest BCUT2D eigenvalue weighted by Crippen LogP contribution is 2.30. The van der Waals surface area contributed by atoms with Crippen molar-refractivity contribution >= 4 is 5.69 Å². The molecule has 1 saturated heterocycles. The first-order chi connectivity index (χ1) is 9.52. The van der Waals surface area contributed by atoms with E-state index < -0.39 is 0 Å². The number of piperidine rings is 1. The lowest BCUT2D eigenvalue weighted by molar-refractivity contribution is 0.0526. The molecule has 0 amide bonds. The lowest BCUT2D eigenvalue weighted by atomic mass is 10.00. The minimum Gasteiger partial charge on any atom is -0.377 e. The third-order valence-corrected chi connectivity index (χ3v) is 3.92. The summed E-state index contributed by atoms with van der Waals surface area (Å²) in [5.41, 5.74) is 8.62. The Morgan fingerprint density at radius 1 is 1.50 bits per heavy atom. The van der Waals surface area contributed by atoms with E-state index in [0.29, 0.717) is 5.56 Å². The third-order valence-electron chi connectivity index (χ3n) is 3.92. The normalized spacial score (nSPS) is 21.1. The van der Waals surface area contributed by atoms with Gasteiger partial charge in [0.15, 0.2) is 0 Å². The molecule has 2 rings (SSSR count). The number of anilines is 1. The number of aryl methyl sites for hydroxylation is 1. The van der Waals surface area contributed by atoms with Crippen LogP contribution in [0.25, 0.3) is 0 Å². The van der Waals surface area contributed by atoms with Crippen molar-refractivity contribution in [3.8, 4) is 0 Å². The van der Waals surface area contributed by atoms with Crippen LogP contribution >= 0.6 is 0 Å². The summed E-state index contributed by atoms with van der Waals surface area (Å²) in [5.74, 6) is -0.181. The molecule has 2 atom stereocenters. The molecule has 0 saturated carbocycles. The summed E-state index contributed by atoms with van der Waals surface area (Å²) in [6, 6.07) is 3.33. The Kier molecular flexibility index (Phi) is 5.00. The highest BCUT2D eigenvalue weighted by molar-refractivity contribution is 5.57. The summed E-state index contributed by atoms with van der Waals surface area (Å²) >= 11 is 0. The Morgan fingerprint density at radius 2 is 2.25 bits per heavy atom. The van der Waals surface area contributed by atoms with E-state index in [1.807, 2.05) is 19.9 Å². The molecule has 1 unspecified atom stereocenters. The lowest BCUT2D eigenvalue weighted by Gasteiger charge is -2.36. The fraction of sp³-hybridized carbons (Fsp3) is 0.625. The first-order valence-electron chi connectivity index (χ1n) is 7.45. The summed E-state index contributed by atoms with van der Waals surface area (Å²) in [6.45, 7) is 8.30. The van der Waals surface area contributed by atoms with Crippen molar-refractivity contribution in [2.45, 2.75) is 45.8 Å². The monoisotopic (exact) mass is 280 g/mol. The van der Waals surface area contributed by atoms with Crippen molar-refractivity contribution in [1.29, 1.82) is 0 Å². The van der Waals surface area contributed by atoms with E-state index in [-0.39, 0.29) is 18.0 Å². The van der Waals surface area contributed by atoms with Gasteiger partial charge < -0.3 is 15.4 Å². The maximum absolute atomic E-state index is 13.8. The molecule has 1 aliphatic rings. The average molecular weight is 280 g/mol. The van der Waals surface area contributed by atoms with E-state index in [2.05, 4.69) is 4.90 Å². The zero-order chi connectivity index (χ0) is 14.7. The quantitative estimate of drug-likeness (QED) is 0.920. The Labute approximate surface area is 120 Å². The van der Waals surface area contributed by atoms with Gasteiger partial charge in [0.25, 0.3) is 0 Å². The Morgan fingerprint density at radius 3 is 2.90 bits per heavy atom. The molecule has 0 aliphatic carbocycles. The molecular weight excluding hydrogens is 255 g/mol. The van der Waals surface area contributed by atoms with E-state index in [9.17, 15) is 4.39 Å². The van der Waals surface area contributed by atoms with Gasteiger partial charge in [-0.05, 0) is 56.9 Å². The largest absolute Gasteiger partial charge is 0.377 e. The van der Waals surface area contributed by atoms with E-state index in [1.54, 1.807) is 13.0 Å². The van der Waals surface area contributed by atoms with Crippen LogP contribution in [0.15, 0.2) is 12.1 Å². The molecule has 1 aromatic carbocycles. The minimum atomic E-state index is -0.181. The Bertz CT molecular complexity index is 460. The van der Waals surface area contributed by atoms with Crippen LogP contribution in [0.5, 0.6) is 0 Å². The van der Waals surface area contributed by atoms with Gasteiger partial charge in [0.05, 0.1) is 6.10 Å². The number of hydrogen-bond acceptors (Lipinski definition) is 3. The van der Waals surface area contributed by atoms with E-state index in [1.165, 1.54) is 0 Å². The van der Waals surface area contributed by atoms with Gasteiger partial charge in [0.2, 0.25) is 0 Å². The van der Waals surface area contributed by atoms with E-state index in [0.717, 1.165) is 43.8 Å². The second-order valence-electron chi connectivity index (χ2n) is 5.61. The predicted octanol–water partition coefficient (Wildman–Crippen LogP) is 3.16. The van der Waals surface area contributed by atoms with Crippen molar-refractivity contribution in [2.24, 2.45) is 5.73 Å². The van der Waals surface area contributed by atoms with Crippen LogP contribution in [-0.2, 0) is 4.74 Å². The predicted molar refractivity (Wildman–Crippen MR) is 80.6 cm³/mol. The van der Waals surface area contributed by atoms with Crippen molar-refractivity contribution in [2.75, 3.05) is 24.6 Å². The number of ether oxygens (including phenoxy) is 1. The third kappa shape index (κ3) is 3.30.